The monoisotopic (exact) mass is 241 g/mol. The number of amides is 1. The Bertz CT molecular complexity index is 235. The zero-order chi connectivity index (χ0) is 12.8. The predicted octanol–water partition coefficient (Wildman–Crippen LogP) is 0.973. The van der Waals surface area contributed by atoms with Crippen LogP contribution in [-0.2, 0) is 4.79 Å². The largest absolute Gasteiger partial charge is 0.353 e. The molecule has 0 saturated carbocycles. The van der Waals surface area contributed by atoms with E-state index in [1.165, 1.54) is 12.8 Å². The molecule has 0 spiro atoms. The van der Waals surface area contributed by atoms with E-state index in [-0.39, 0.29) is 18.0 Å². The van der Waals surface area contributed by atoms with Crippen LogP contribution in [0.2, 0.25) is 0 Å². The van der Waals surface area contributed by atoms with Gasteiger partial charge in [-0.25, -0.2) is 0 Å². The van der Waals surface area contributed by atoms with Gasteiger partial charge in [0.25, 0.3) is 0 Å². The van der Waals surface area contributed by atoms with E-state index in [0.29, 0.717) is 6.04 Å². The smallest absolute Gasteiger partial charge is 0.237 e. The molecule has 0 bridgehead atoms. The van der Waals surface area contributed by atoms with Gasteiger partial charge in [-0.05, 0) is 60.2 Å². The zero-order valence-corrected chi connectivity index (χ0v) is 11.6. The molecule has 0 aromatic carbocycles. The van der Waals surface area contributed by atoms with Crippen molar-refractivity contribution in [3.8, 4) is 0 Å². The van der Waals surface area contributed by atoms with Crippen molar-refractivity contribution in [2.45, 2.75) is 58.2 Å². The number of nitrogens with zero attached hydrogens (tertiary/aromatic N) is 1. The van der Waals surface area contributed by atoms with Gasteiger partial charge in [-0.3, -0.25) is 9.69 Å². The summed E-state index contributed by atoms with van der Waals surface area (Å²) in [6.45, 7) is 8.17. The minimum Gasteiger partial charge on any atom is -0.353 e. The topological polar surface area (TPSA) is 44.4 Å². The molecule has 1 aliphatic rings. The fraction of sp³-hybridized carbons (Fsp3) is 0.923. The summed E-state index contributed by atoms with van der Waals surface area (Å²) in [5, 5.41) is 6.39. The molecule has 0 radical (unpaired) electrons. The molecule has 1 fully saturated rings. The molecule has 4 nitrogen and oxygen atoms in total. The van der Waals surface area contributed by atoms with Crippen molar-refractivity contribution in [3.05, 3.63) is 0 Å². The van der Waals surface area contributed by atoms with Crippen LogP contribution in [0.25, 0.3) is 0 Å². The first kappa shape index (κ1) is 14.5. The fourth-order valence-electron chi connectivity index (χ4n) is 2.31. The molecule has 2 unspecified atom stereocenters. The van der Waals surface area contributed by atoms with Gasteiger partial charge in [0.05, 0.1) is 6.04 Å². The van der Waals surface area contributed by atoms with Crippen LogP contribution in [0, 0.1) is 0 Å². The second-order valence-corrected chi connectivity index (χ2v) is 5.34. The first-order valence-corrected chi connectivity index (χ1v) is 6.75. The lowest BCUT2D eigenvalue weighted by Crippen LogP contribution is -2.49. The van der Waals surface area contributed by atoms with Gasteiger partial charge in [-0.15, -0.1) is 0 Å². The Labute approximate surface area is 105 Å². The molecule has 0 aliphatic carbocycles. The normalized spacial score (nSPS) is 23.5. The maximum absolute atomic E-state index is 12.0. The van der Waals surface area contributed by atoms with Crippen molar-refractivity contribution in [2.75, 3.05) is 20.1 Å². The summed E-state index contributed by atoms with van der Waals surface area (Å²) in [5.41, 5.74) is 0. The van der Waals surface area contributed by atoms with E-state index < -0.39 is 0 Å². The van der Waals surface area contributed by atoms with E-state index in [1.54, 1.807) is 0 Å². The SMILES string of the molecule is CC(C)NC(=O)C(C)N(C)C1CCCNCC1. The first-order valence-electron chi connectivity index (χ1n) is 6.75. The van der Waals surface area contributed by atoms with Crippen LogP contribution in [-0.4, -0.2) is 49.1 Å². The van der Waals surface area contributed by atoms with Crippen LogP contribution in [0.3, 0.4) is 0 Å². The van der Waals surface area contributed by atoms with E-state index in [4.69, 9.17) is 0 Å². The highest BCUT2D eigenvalue weighted by Gasteiger charge is 2.25. The lowest BCUT2D eigenvalue weighted by Gasteiger charge is -2.32. The van der Waals surface area contributed by atoms with Crippen molar-refractivity contribution in [1.82, 2.24) is 15.5 Å². The minimum absolute atomic E-state index is 0.0412. The van der Waals surface area contributed by atoms with Crippen LogP contribution >= 0.6 is 0 Å². The Morgan fingerprint density at radius 3 is 2.65 bits per heavy atom. The third-order valence-corrected chi connectivity index (χ3v) is 3.54. The van der Waals surface area contributed by atoms with E-state index in [2.05, 4.69) is 22.6 Å². The van der Waals surface area contributed by atoms with E-state index in [1.807, 2.05) is 20.8 Å². The Morgan fingerprint density at radius 1 is 1.29 bits per heavy atom. The Kier molecular flexibility index (Phi) is 5.92. The summed E-state index contributed by atoms with van der Waals surface area (Å²) in [4.78, 5) is 14.2. The summed E-state index contributed by atoms with van der Waals surface area (Å²) < 4.78 is 0. The zero-order valence-electron chi connectivity index (χ0n) is 11.6. The average Bonchev–Trinajstić information content (AvgIpc) is 2.54. The van der Waals surface area contributed by atoms with Gasteiger partial charge >= 0.3 is 0 Å². The van der Waals surface area contributed by atoms with Crippen molar-refractivity contribution >= 4 is 5.91 Å². The van der Waals surface area contributed by atoms with Crippen molar-refractivity contribution < 1.29 is 4.79 Å². The van der Waals surface area contributed by atoms with Crippen LogP contribution in [0.4, 0.5) is 0 Å². The number of nitrogens with one attached hydrogen (secondary N) is 2. The molecule has 1 rings (SSSR count). The van der Waals surface area contributed by atoms with Crippen LogP contribution in [0.15, 0.2) is 0 Å². The van der Waals surface area contributed by atoms with E-state index in [9.17, 15) is 4.79 Å². The summed E-state index contributed by atoms with van der Waals surface area (Å²) in [6, 6.07) is 0.701. The number of hydrogen-bond acceptors (Lipinski definition) is 3. The maximum Gasteiger partial charge on any atom is 0.237 e. The third-order valence-electron chi connectivity index (χ3n) is 3.54. The number of hydrogen-bond donors (Lipinski definition) is 2. The molecule has 100 valence electrons. The van der Waals surface area contributed by atoms with Crippen molar-refractivity contribution in [3.63, 3.8) is 0 Å². The molecule has 1 amide bonds. The minimum atomic E-state index is -0.0412. The summed E-state index contributed by atoms with van der Waals surface area (Å²) in [6.07, 6.45) is 3.52. The molecule has 17 heavy (non-hydrogen) atoms. The van der Waals surface area contributed by atoms with Gasteiger partial charge in [0.2, 0.25) is 5.91 Å². The van der Waals surface area contributed by atoms with Crippen molar-refractivity contribution in [1.29, 1.82) is 0 Å². The molecular weight excluding hydrogens is 214 g/mol. The third kappa shape index (κ3) is 4.64. The van der Waals surface area contributed by atoms with Gasteiger partial charge in [0, 0.05) is 12.1 Å². The number of carbonyl (C=O) groups is 1. The maximum atomic E-state index is 12.0. The number of carbonyl (C=O) groups excluding carboxylic acids is 1. The Balaban J connectivity index is 2.48. The highest BCUT2D eigenvalue weighted by Crippen LogP contribution is 2.14. The quantitative estimate of drug-likeness (QED) is 0.771. The first-order chi connectivity index (χ1) is 8.02. The molecule has 2 N–H and O–H groups in total. The molecule has 2 atom stereocenters. The highest BCUT2D eigenvalue weighted by atomic mass is 16.2. The van der Waals surface area contributed by atoms with Crippen LogP contribution < -0.4 is 10.6 Å². The molecule has 0 aromatic heterocycles. The lowest BCUT2D eigenvalue weighted by molar-refractivity contribution is -0.126. The lowest BCUT2D eigenvalue weighted by atomic mass is 10.1. The van der Waals surface area contributed by atoms with Gasteiger partial charge in [0.15, 0.2) is 0 Å². The number of rotatable bonds is 4. The molecule has 1 heterocycles. The van der Waals surface area contributed by atoms with Gasteiger partial charge in [-0.1, -0.05) is 0 Å². The molecular formula is C13H27N3O. The fourth-order valence-corrected chi connectivity index (χ4v) is 2.31. The molecule has 4 heteroatoms. The standard InChI is InChI=1S/C13H27N3O/c1-10(2)15-13(17)11(3)16(4)12-6-5-8-14-9-7-12/h10-12,14H,5-9H2,1-4H3,(H,15,17). The molecule has 0 aromatic rings. The Morgan fingerprint density at radius 2 is 2.00 bits per heavy atom. The summed E-state index contributed by atoms with van der Waals surface area (Å²) in [5.74, 6) is 0.139. The van der Waals surface area contributed by atoms with E-state index >= 15 is 0 Å². The number of likely N-dealkylation sites (N-methyl/N-ethyl adjacent to an activating group) is 1. The van der Waals surface area contributed by atoms with Gasteiger partial charge in [0.1, 0.15) is 0 Å². The predicted molar refractivity (Wildman–Crippen MR) is 71.0 cm³/mol. The Hall–Kier alpha value is -0.610. The van der Waals surface area contributed by atoms with Crippen LogP contribution in [0.5, 0.6) is 0 Å². The van der Waals surface area contributed by atoms with Crippen molar-refractivity contribution in [2.24, 2.45) is 0 Å². The highest BCUT2D eigenvalue weighted by molar-refractivity contribution is 5.81. The van der Waals surface area contributed by atoms with Gasteiger partial charge < -0.3 is 10.6 Å². The molecule has 1 aliphatic heterocycles. The molecule has 1 saturated heterocycles. The van der Waals surface area contributed by atoms with E-state index in [0.717, 1.165) is 19.5 Å². The van der Waals surface area contributed by atoms with Gasteiger partial charge in [-0.2, -0.15) is 0 Å². The average molecular weight is 241 g/mol. The van der Waals surface area contributed by atoms with Crippen LogP contribution in [0.1, 0.15) is 40.0 Å². The summed E-state index contributed by atoms with van der Waals surface area (Å²) in [7, 11) is 2.07. The second kappa shape index (κ2) is 6.97. The summed E-state index contributed by atoms with van der Waals surface area (Å²) >= 11 is 0. The second-order valence-electron chi connectivity index (χ2n) is 5.34.